The van der Waals surface area contributed by atoms with Crippen LogP contribution in [0, 0.1) is 6.92 Å². The van der Waals surface area contributed by atoms with Gasteiger partial charge in [-0.25, -0.2) is 12.7 Å². The van der Waals surface area contributed by atoms with E-state index in [0.29, 0.717) is 17.1 Å². The first kappa shape index (κ1) is 24.1. The number of unbranched alkanes of at least 4 members (excludes halogenated alkanes) is 1. The summed E-state index contributed by atoms with van der Waals surface area (Å²) in [5, 5.41) is 3.30. The first-order chi connectivity index (χ1) is 13.7. The molecule has 7 nitrogen and oxygen atoms in total. The second-order valence-corrected chi connectivity index (χ2v) is 10.1. The van der Waals surface area contributed by atoms with Crippen molar-refractivity contribution in [2.45, 2.75) is 31.1 Å². The Balaban J connectivity index is 1.67. The number of carbonyl (C=O) groups is 1. The van der Waals surface area contributed by atoms with Gasteiger partial charge in [-0.15, -0.1) is 0 Å². The van der Waals surface area contributed by atoms with Crippen LogP contribution in [0.3, 0.4) is 0 Å². The molecule has 164 valence electrons. The maximum atomic E-state index is 12.7. The van der Waals surface area contributed by atoms with Crippen molar-refractivity contribution in [1.29, 1.82) is 0 Å². The van der Waals surface area contributed by atoms with E-state index in [1.807, 2.05) is 0 Å². The summed E-state index contributed by atoms with van der Waals surface area (Å²) >= 11 is 6.04. The molecule has 9 heteroatoms. The van der Waals surface area contributed by atoms with Crippen LogP contribution in [0.4, 0.5) is 0 Å². The molecule has 1 aliphatic rings. The molecule has 0 saturated carbocycles. The summed E-state index contributed by atoms with van der Waals surface area (Å²) < 4.78 is 26.6. The van der Waals surface area contributed by atoms with Crippen LogP contribution in [-0.2, 0) is 14.8 Å². The lowest BCUT2D eigenvalue weighted by molar-refractivity contribution is -0.121. The number of halogens is 1. The molecule has 29 heavy (non-hydrogen) atoms. The van der Waals surface area contributed by atoms with Crippen LogP contribution in [0.5, 0.6) is 0 Å². The lowest BCUT2D eigenvalue weighted by Gasteiger charge is -2.32. The Morgan fingerprint density at radius 3 is 2.59 bits per heavy atom. The SMILES string of the molecule is Cc1c(Cl)cccc1S(=O)(=O)N(C)CCC(=O)NCCCCN1CCN(C)CC1. The number of amides is 1. The summed E-state index contributed by atoms with van der Waals surface area (Å²) in [6, 6.07) is 4.81. The van der Waals surface area contributed by atoms with Crippen molar-refractivity contribution in [2.24, 2.45) is 0 Å². The number of carbonyl (C=O) groups excluding carboxylic acids is 1. The molecule has 1 aliphatic heterocycles. The average molecular weight is 445 g/mol. The van der Waals surface area contributed by atoms with Crippen molar-refractivity contribution >= 4 is 27.5 Å². The fourth-order valence-corrected chi connectivity index (χ4v) is 4.91. The van der Waals surface area contributed by atoms with Gasteiger partial charge in [-0.1, -0.05) is 17.7 Å². The second kappa shape index (κ2) is 11.3. The lowest BCUT2D eigenvalue weighted by Crippen LogP contribution is -2.44. The van der Waals surface area contributed by atoms with Gasteiger partial charge >= 0.3 is 0 Å². The number of nitrogens with zero attached hydrogens (tertiary/aromatic N) is 3. The summed E-state index contributed by atoms with van der Waals surface area (Å²) in [5.41, 5.74) is 0.519. The van der Waals surface area contributed by atoms with Crippen LogP contribution in [0.1, 0.15) is 24.8 Å². The Morgan fingerprint density at radius 1 is 1.21 bits per heavy atom. The molecular weight excluding hydrogens is 412 g/mol. The van der Waals surface area contributed by atoms with E-state index in [-0.39, 0.29) is 23.8 Å². The van der Waals surface area contributed by atoms with Gasteiger partial charge in [0.2, 0.25) is 15.9 Å². The highest BCUT2D eigenvalue weighted by Crippen LogP contribution is 2.24. The molecule has 1 aromatic carbocycles. The number of hydrogen-bond donors (Lipinski definition) is 1. The van der Waals surface area contributed by atoms with Gasteiger partial charge in [-0.2, -0.15) is 0 Å². The monoisotopic (exact) mass is 444 g/mol. The van der Waals surface area contributed by atoms with Crippen LogP contribution < -0.4 is 5.32 Å². The van der Waals surface area contributed by atoms with Gasteiger partial charge in [0.1, 0.15) is 0 Å². The molecule has 1 aromatic rings. The van der Waals surface area contributed by atoms with Crippen LogP contribution in [0.15, 0.2) is 23.1 Å². The number of hydrogen-bond acceptors (Lipinski definition) is 5. The van der Waals surface area contributed by atoms with Gasteiger partial charge < -0.3 is 15.1 Å². The van der Waals surface area contributed by atoms with Gasteiger partial charge in [-0.3, -0.25) is 4.79 Å². The molecular formula is C20H33ClN4O3S. The average Bonchev–Trinajstić information content (AvgIpc) is 2.69. The molecule has 0 aromatic heterocycles. The zero-order chi connectivity index (χ0) is 21.4. The van der Waals surface area contributed by atoms with Crippen molar-refractivity contribution in [1.82, 2.24) is 19.4 Å². The van der Waals surface area contributed by atoms with Crippen molar-refractivity contribution in [2.75, 3.05) is 59.9 Å². The van der Waals surface area contributed by atoms with Gasteiger partial charge in [0.15, 0.2) is 0 Å². The van der Waals surface area contributed by atoms with Crippen molar-refractivity contribution in [3.05, 3.63) is 28.8 Å². The summed E-state index contributed by atoms with van der Waals surface area (Å²) in [4.78, 5) is 17.0. The first-order valence-electron chi connectivity index (χ1n) is 10.1. The largest absolute Gasteiger partial charge is 0.356 e. The molecule has 0 atom stereocenters. The Hall–Kier alpha value is -1.19. The topological polar surface area (TPSA) is 73.0 Å². The van der Waals surface area contributed by atoms with E-state index in [1.54, 1.807) is 19.1 Å². The standard InChI is InChI=1S/C20H33ClN4O3S/c1-17-18(21)7-6-8-19(17)29(27,28)24(3)12-9-20(26)22-10-4-5-11-25-15-13-23(2)14-16-25/h6-8H,4-5,9-16H2,1-3H3,(H,22,26). The van der Waals surface area contributed by atoms with Gasteiger partial charge in [0, 0.05) is 57.8 Å². The number of likely N-dealkylation sites (N-methyl/N-ethyl adjacent to an activating group) is 1. The van der Waals surface area contributed by atoms with E-state index < -0.39 is 10.0 Å². The molecule has 1 amide bonds. The highest BCUT2D eigenvalue weighted by molar-refractivity contribution is 7.89. The Bertz CT molecular complexity index is 780. The first-order valence-corrected chi connectivity index (χ1v) is 11.9. The third-order valence-electron chi connectivity index (χ3n) is 5.38. The van der Waals surface area contributed by atoms with E-state index in [4.69, 9.17) is 11.6 Å². The number of nitrogens with one attached hydrogen (secondary N) is 1. The number of rotatable bonds is 10. The van der Waals surface area contributed by atoms with Crippen molar-refractivity contribution < 1.29 is 13.2 Å². The predicted molar refractivity (Wildman–Crippen MR) is 117 cm³/mol. The Labute approximate surface area is 180 Å². The third-order valence-corrected chi connectivity index (χ3v) is 7.79. The minimum Gasteiger partial charge on any atom is -0.356 e. The van der Waals surface area contributed by atoms with Crippen molar-refractivity contribution in [3.63, 3.8) is 0 Å². The predicted octanol–water partition coefficient (Wildman–Crippen LogP) is 1.80. The van der Waals surface area contributed by atoms with E-state index in [9.17, 15) is 13.2 Å². The third kappa shape index (κ3) is 7.22. The normalized spacial score (nSPS) is 16.3. The summed E-state index contributed by atoms with van der Waals surface area (Å²) in [6.07, 6.45) is 2.11. The van der Waals surface area contributed by atoms with Gasteiger partial charge in [-0.05, 0) is 51.1 Å². The van der Waals surface area contributed by atoms with E-state index in [2.05, 4.69) is 22.2 Å². The molecule has 1 heterocycles. The highest BCUT2D eigenvalue weighted by Gasteiger charge is 2.24. The number of benzene rings is 1. The molecule has 0 bridgehead atoms. The van der Waals surface area contributed by atoms with E-state index in [1.165, 1.54) is 17.4 Å². The minimum atomic E-state index is -3.67. The number of sulfonamides is 1. The molecule has 1 N–H and O–H groups in total. The molecule has 1 fully saturated rings. The Morgan fingerprint density at radius 2 is 1.90 bits per heavy atom. The van der Waals surface area contributed by atoms with Crippen LogP contribution in [0.25, 0.3) is 0 Å². The van der Waals surface area contributed by atoms with Crippen LogP contribution in [0.2, 0.25) is 5.02 Å². The maximum absolute atomic E-state index is 12.7. The molecule has 0 spiro atoms. The van der Waals surface area contributed by atoms with Gasteiger partial charge in [0.25, 0.3) is 0 Å². The summed E-state index contributed by atoms with van der Waals surface area (Å²) in [7, 11) is -0.0437. The fraction of sp³-hybridized carbons (Fsp3) is 0.650. The number of piperazine rings is 1. The zero-order valence-electron chi connectivity index (χ0n) is 17.7. The Kier molecular flexibility index (Phi) is 9.36. The fourth-order valence-electron chi connectivity index (χ4n) is 3.26. The molecule has 0 radical (unpaired) electrons. The summed E-state index contributed by atoms with van der Waals surface area (Å²) in [6.45, 7) is 7.93. The highest BCUT2D eigenvalue weighted by atomic mass is 35.5. The summed E-state index contributed by atoms with van der Waals surface area (Å²) in [5.74, 6) is -0.130. The van der Waals surface area contributed by atoms with E-state index >= 15 is 0 Å². The van der Waals surface area contributed by atoms with Gasteiger partial charge in [0.05, 0.1) is 4.90 Å². The molecule has 0 aliphatic carbocycles. The van der Waals surface area contributed by atoms with E-state index in [0.717, 1.165) is 45.6 Å². The molecule has 0 unspecified atom stereocenters. The molecule has 1 saturated heterocycles. The van der Waals surface area contributed by atoms with Crippen molar-refractivity contribution in [3.8, 4) is 0 Å². The lowest BCUT2D eigenvalue weighted by atomic mass is 10.2. The second-order valence-electron chi connectivity index (χ2n) is 7.64. The van der Waals surface area contributed by atoms with Crippen LogP contribution >= 0.6 is 11.6 Å². The molecule has 2 rings (SSSR count). The minimum absolute atomic E-state index is 0.126. The maximum Gasteiger partial charge on any atom is 0.243 e. The zero-order valence-corrected chi connectivity index (χ0v) is 19.2. The quantitative estimate of drug-likeness (QED) is 0.557. The smallest absolute Gasteiger partial charge is 0.243 e. The van der Waals surface area contributed by atoms with Crippen LogP contribution in [-0.4, -0.2) is 88.3 Å².